The van der Waals surface area contributed by atoms with Gasteiger partial charge in [0.15, 0.2) is 11.5 Å². The number of piperidine rings is 1. The quantitative estimate of drug-likeness (QED) is 0.571. The van der Waals surface area contributed by atoms with Crippen molar-refractivity contribution >= 4 is 28.0 Å². The van der Waals surface area contributed by atoms with Gasteiger partial charge in [-0.15, -0.1) is 0 Å². The van der Waals surface area contributed by atoms with Crippen LogP contribution in [-0.4, -0.2) is 49.0 Å². The van der Waals surface area contributed by atoms with Gasteiger partial charge in [0.25, 0.3) is 5.91 Å². The van der Waals surface area contributed by atoms with Crippen molar-refractivity contribution in [2.45, 2.75) is 32.4 Å². The number of hydrogen-bond acceptors (Lipinski definition) is 4. The highest BCUT2D eigenvalue weighted by atomic mass is 16.2. The van der Waals surface area contributed by atoms with Gasteiger partial charge >= 0.3 is 0 Å². The molecule has 1 amide bonds. The molecule has 1 fully saturated rings. The van der Waals surface area contributed by atoms with E-state index in [1.54, 1.807) is 6.20 Å². The summed E-state index contributed by atoms with van der Waals surface area (Å²) in [6.45, 7) is 4.32. The fraction of sp³-hybridized carbons (Fsp3) is 0.348. The SMILES string of the molecule is CCn1c(-c2nc3cc(C(=O)N4CCCC(N)C4)cnc3n2C)cc2ccccc21. The number of aryl methyl sites for hydroxylation is 2. The Morgan fingerprint density at radius 3 is 2.90 bits per heavy atom. The Labute approximate surface area is 175 Å². The Kier molecular flexibility index (Phi) is 4.55. The number of carbonyl (C=O) groups is 1. The molecule has 1 saturated heterocycles. The van der Waals surface area contributed by atoms with Crippen molar-refractivity contribution in [1.29, 1.82) is 0 Å². The minimum Gasteiger partial charge on any atom is -0.338 e. The first-order valence-electron chi connectivity index (χ1n) is 10.5. The number of carbonyl (C=O) groups excluding carboxylic acids is 1. The van der Waals surface area contributed by atoms with Gasteiger partial charge < -0.3 is 19.8 Å². The minimum atomic E-state index is -0.0191. The number of para-hydroxylation sites is 1. The molecule has 1 aromatic carbocycles. The molecule has 0 spiro atoms. The summed E-state index contributed by atoms with van der Waals surface area (Å²) in [5.74, 6) is 0.828. The van der Waals surface area contributed by atoms with Gasteiger partial charge in [-0.3, -0.25) is 4.79 Å². The lowest BCUT2D eigenvalue weighted by Gasteiger charge is -2.30. The molecule has 1 atom stereocenters. The molecule has 4 heterocycles. The van der Waals surface area contributed by atoms with Crippen molar-refractivity contribution in [3.8, 4) is 11.5 Å². The first-order chi connectivity index (χ1) is 14.6. The fourth-order valence-corrected chi connectivity index (χ4v) is 4.54. The summed E-state index contributed by atoms with van der Waals surface area (Å²) in [4.78, 5) is 24.2. The number of hydrogen-bond donors (Lipinski definition) is 1. The third-order valence-corrected chi connectivity index (χ3v) is 6.06. The molecule has 3 aromatic heterocycles. The van der Waals surface area contributed by atoms with Crippen LogP contribution in [0.2, 0.25) is 0 Å². The second kappa shape index (κ2) is 7.25. The number of nitrogens with zero attached hydrogens (tertiary/aromatic N) is 5. The molecule has 7 heteroatoms. The molecule has 7 nitrogen and oxygen atoms in total. The number of likely N-dealkylation sites (tertiary alicyclic amines) is 1. The lowest BCUT2D eigenvalue weighted by molar-refractivity contribution is 0.0708. The maximum absolute atomic E-state index is 13.0. The van der Waals surface area contributed by atoms with Crippen LogP contribution in [0.15, 0.2) is 42.6 Å². The first-order valence-corrected chi connectivity index (χ1v) is 10.5. The van der Waals surface area contributed by atoms with E-state index in [9.17, 15) is 4.79 Å². The number of pyridine rings is 1. The molecular formula is C23H26N6O. The number of benzene rings is 1. The van der Waals surface area contributed by atoms with E-state index in [0.29, 0.717) is 12.1 Å². The normalized spacial score (nSPS) is 17.2. The molecule has 0 saturated carbocycles. The standard InChI is InChI=1S/C23H26N6O/c1-3-29-19-9-5-4-7-15(19)12-20(29)22-26-18-11-16(13-25-21(18)27(22)2)23(30)28-10-6-8-17(24)14-28/h4-5,7,9,11-13,17H,3,6,8,10,14,24H2,1-2H3. The molecule has 30 heavy (non-hydrogen) atoms. The molecule has 0 radical (unpaired) electrons. The summed E-state index contributed by atoms with van der Waals surface area (Å²) in [6, 6.07) is 12.4. The van der Waals surface area contributed by atoms with Gasteiger partial charge in [-0.1, -0.05) is 18.2 Å². The Bertz CT molecular complexity index is 1250. The van der Waals surface area contributed by atoms with E-state index in [0.717, 1.165) is 48.6 Å². The smallest absolute Gasteiger partial charge is 0.255 e. The third kappa shape index (κ3) is 2.97. The van der Waals surface area contributed by atoms with Crippen molar-refractivity contribution in [1.82, 2.24) is 24.0 Å². The average molecular weight is 403 g/mol. The Morgan fingerprint density at radius 1 is 1.27 bits per heavy atom. The number of aromatic nitrogens is 4. The summed E-state index contributed by atoms with van der Waals surface area (Å²) < 4.78 is 4.26. The maximum atomic E-state index is 13.0. The largest absolute Gasteiger partial charge is 0.338 e. The fourth-order valence-electron chi connectivity index (χ4n) is 4.54. The van der Waals surface area contributed by atoms with Gasteiger partial charge in [-0.05, 0) is 38.0 Å². The molecule has 2 N–H and O–H groups in total. The molecule has 1 unspecified atom stereocenters. The number of fused-ring (bicyclic) bond motifs is 2. The third-order valence-electron chi connectivity index (χ3n) is 6.06. The first kappa shape index (κ1) is 18.8. The van der Waals surface area contributed by atoms with Gasteiger partial charge in [-0.25, -0.2) is 9.97 Å². The highest BCUT2D eigenvalue weighted by molar-refractivity contribution is 5.97. The van der Waals surface area contributed by atoms with Gasteiger partial charge in [0.2, 0.25) is 0 Å². The number of amides is 1. The summed E-state index contributed by atoms with van der Waals surface area (Å²) in [7, 11) is 1.97. The van der Waals surface area contributed by atoms with Crippen LogP contribution in [0.3, 0.4) is 0 Å². The number of imidazole rings is 1. The average Bonchev–Trinajstić information content (AvgIpc) is 3.30. The van der Waals surface area contributed by atoms with Gasteiger partial charge in [0, 0.05) is 49.8 Å². The minimum absolute atomic E-state index is 0.0191. The van der Waals surface area contributed by atoms with Crippen LogP contribution in [0.1, 0.15) is 30.1 Å². The Morgan fingerprint density at radius 2 is 2.10 bits per heavy atom. The second-order valence-corrected chi connectivity index (χ2v) is 8.05. The van der Waals surface area contributed by atoms with Gasteiger partial charge in [0.1, 0.15) is 5.52 Å². The van der Waals surface area contributed by atoms with E-state index in [1.165, 1.54) is 10.9 Å². The van der Waals surface area contributed by atoms with Crippen molar-refractivity contribution in [3.05, 3.63) is 48.2 Å². The van der Waals surface area contributed by atoms with Gasteiger partial charge in [0.05, 0.1) is 11.3 Å². The lowest BCUT2D eigenvalue weighted by atomic mass is 10.1. The van der Waals surface area contributed by atoms with Crippen LogP contribution in [0.5, 0.6) is 0 Å². The van der Waals surface area contributed by atoms with Crippen LogP contribution in [-0.2, 0) is 13.6 Å². The van der Waals surface area contributed by atoms with Crippen LogP contribution in [0.25, 0.3) is 33.6 Å². The predicted molar refractivity (Wildman–Crippen MR) is 118 cm³/mol. The van der Waals surface area contributed by atoms with Crippen LogP contribution < -0.4 is 5.73 Å². The predicted octanol–water partition coefficient (Wildman–Crippen LogP) is 3.17. The summed E-state index contributed by atoms with van der Waals surface area (Å²) in [5.41, 5.74) is 10.4. The molecule has 154 valence electrons. The topological polar surface area (TPSA) is 82.0 Å². The Hall–Kier alpha value is -3.19. The van der Waals surface area contributed by atoms with E-state index >= 15 is 0 Å². The molecule has 1 aliphatic rings. The van der Waals surface area contributed by atoms with Crippen molar-refractivity contribution in [3.63, 3.8) is 0 Å². The molecule has 5 rings (SSSR count). The lowest BCUT2D eigenvalue weighted by Crippen LogP contribution is -2.45. The molecule has 0 bridgehead atoms. The zero-order valence-corrected chi connectivity index (χ0v) is 17.4. The summed E-state index contributed by atoms with van der Waals surface area (Å²) in [5, 5.41) is 1.19. The second-order valence-electron chi connectivity index (χ2n) is 8.05. The Balaban J connectivity index is 1.57. The van der Waals surface area contributed by atoms with Crippen LogP contribution >= 0.6 is 0 Å². The molecule has 4 aromatic rings. The number of nitrogens with two attached hydrogens (primary N) is 1. The highest BCUT2D eigenvalue weighted by Gasteiger charge is 2.24. The molecule has 0 aliphatic carbocycles. The van der Waals surface area contributed by atoms with Crippen LogP contribution in [0.4, 0.5) is 0 Å². The van der Waals surface area contributed by atoms with E-state index in [4.69, 9.17) is 10.7 Å². The van der Waals surface area contributed by atoms with E-state index in [1.807, 2.05) is 28.6 Å². The summed E-state index contributed by atoms with van der Waals surface area (Å²) >= 11 is 0. The monoisotopic (exact) mass is 402 g/mol. The van der Waals surface area contributed by atoms with E-state index in [-0.39, 0.29) is 11.9 Å². The van der Waals surface area contributed by atoms with Gasteiger partial charge in [-0.2, -0.15) is 0 Å². The summed E-state index contributed by atoms with van der Waals surface area (Å²) in [6.07, 6.45) is 3.57. The van der Waals surface area contributed by atoms with E-state index < -0.39 is 0 Å². The molecule has 1 aliphatic heterocycles. The molecular weight excluding hydrogens is 376 g/mol. The van der Waals surface area contributed by atoms with Crippen molar-refractivity contribution < 1.29 is 4.79 Å². The van der Waals surface area contributed by atoms with Crippen molar-refractivity contribution in [2.24, 2.45) is 12.8 Å². The zero-order chi connectivity index (χ0) is 20.8. The highest BCUT2D eigenvalue weighted by Crippen LogP contribution is 2.29. The number of rotatable bonds is 3. The van der Waals surface area contributed by atoms with Crippen LogP contribution in [0, 0.1) is 0 Å². The maximum Gasteiger partial charge on any atom is 0.255 e. The van der Waals surface area contributed by atoms with Crippen molar-refractivity contribution in [2.75, 3.05) is 13.1 Å². The zero-order valence-electron chi connectivity index (χ0n) is 17.4. The van der Waals surface area contributed by atoms with E-state index in [2.05, 4.69) is 40.7 Å².